The molecule has 0 fully saturated rings. The van der Waals surface area contributed by atoms with Gasteiger partial charge in [-0.1, -0.05) is 6.07 Å². The van der Waals surface area contributed by atoms with Crippen molar-refractivity contribution in [2.75, 3.05) is 12.8 Å². The zero-order valence-electron chi connectivity index (χ0n) is 12.4. The van der Waals surface area contributed by atoms with E-state index in [9.17, 15) is 5.26 Å². The number of hydrogen-bond donors (Lipinski definition) is 1. The molecule has 0 unspecified atom stereocenters. The molecule has 0 atom stereocenters. The summed E-state index contributed by atoms with van der Waals surface area (Å²) in [6.07, 6.45) is 3.30. The molecule has 0 saturated heterocycles. The molecule has 0 radical (unpaired) electrons. The number of nitrogen functional groups attached to an aromatic ring is 1. The maximum absolute atomic E-state index is 9.44. The molecule has 2 N–H and O–H groups in total. The van der Waals surface area contributed by atoms with Crippen LogP contribution in [0.2, 0.25) is 0 Å². The van der Waals surface area contributed by atoms with E-state index in [0.717, 1.165) is 0 Å². The van der Waals surface area contributed by atoms with Crippen LogP contribution in [-0.4, -0.2) is 22.1 Å². The zero-order chi connectivity index (χ0) is 16.2. The van der Waals surface area contributed by atoms with Gasteiger partial charge in [-0.3, -0.25) is 4.98 Å². The summed E-state index contributed by atoms with van der Waals surface area (Å²) in [5.41, 5.74) is 8.82. The summed E-state index contributed by atoms with van der Waals surface area (Å²) in [6.45, 7) is 0. The number of hydrogen-bond acceptors (Lipinski definition) is 6. The molecule has 0 aliphatic carbocycles. The van der Waals surface area contributed by atoms with E-state index in [4.69, 9.17) is 10.5 Å². The molecular formula is C17H13N5O. The fourth-order valence-corrected chi connectivity index (χ4v) is 2.30. The largest absolute Gasteiger partial charge is 0.481 e. The van der Waals surface area contributed by atoms with E-state index in [0.29, 0.717) is 28.4 Å². The van der Waals surface area contributed by atoms with Crippen molar-refractivity contribution in [1.29, 1.82) is 5.26 Å². The molecule has 0 spiro atoms. The van der Waals surface area contributed by atoms with E-state index < -0.39 is 0 Å². The average molecular weight is 303 g/mol. The summed E-state index contributed by atoms with van der Waals surface area (Å²) in [7, 11) is 1.53. The van der Waals surface area contributed by atoms with Crippen molar-refractivity contribution in [3.8, 4) is 34.5 Å². The summed E-state index contributed by atoms with van der Waals surface area (Å²) in [5.74, 6) is 0.568. The van der Waals surface area contributed by atoms with Crippen molar-refractivity contribution in [2.45, 2.75) is 0 Å². The number of anilines is 1. The Bertz CT molecular complexity index is 887. The van der Waals surface area contributed by atoms with Gasteiger partial charge in [0.25, 0.3) is 0 Å². The lowest BCUT2D eigenvalue weighted by Gasteiger charge is -2.11. The highest BCUT2D eigenvalue weighted by Crippen LogP contribution is 2.34. The van der Waals surface area contributed by atoms with Gasteiger partial charge < -0.3 is 10.5 Å². The number of pyridine rings is 3. The Kier molecular flexibility index (Phi) is 3.85. The highest BCUT2D eigenvalue weighted by Gasteiger charge is 2.17. The third-order valence-electron chi connectivity index (χ3n) is 3.34. The minimum atomic E-state index is 0.150. The molecule has 3 heterocycles. The van der Waals surface area contributed by atoms with Crippen LogP contribution in [0, 0.1) is 11.3 Å². The Balaban J connectivity index is 2.27. The highest BCUT2D eigenvalue weighted by molar-refractivity contribution is 5.81. The summed E-state index contributed by atoms with van der Waals surface area (Å²) in [4.78, 5) is 12.7. The second-order valence-corrected chi connectivity index (χ2v) is 4.70. The van der Waals surface area contributed by atoms with Gasteiger partial charge in [-0.25, -0.2) is 9.97 Å². The lowest BCUT2D eigenvalue weighted by atomic mass is 10.0. The Hall–Kier alpha value is -3.46. The molecule has 6 nitrogen and oxygen atoms in total. The molecule has 0 bridgehead atoms. The van der Waals surface area contributed by atoms with Gasteiger partial charge in [0, 0.05) is 23.5 Å². The van der Waals surface area contributed by atoms with Gasteiger partial charge in [-0.2, -0.15) is 5.26 Å². The summed E-state index contributed by atoms with van der Waals surface area (Å²) in [5, 5.41) is 9.44. The summed E-state index contributed by atoms with van der Waals surface area (Å²) >= 11 is 0. The number of nitrogens with zero attached hydrogens (tertiary/aromatic N) is 4. The lowest BCUT2D eigenvalue weighted by Crippen LogP contribution is -2.01. The summed E-state index contributed by atoms with van der Waals surface area (Å²) < 4.78 is 5.29. The first kappa shape index (κ1) is 14.5. The van der Waals surface area contributed by atoms with Crippen LogP contribution in [0.4, 0.5) is 5.82 Å². The van der Waals surface area contributed by atoms with Gasteiger partial charge in [0.05, 0.1) is 18.5 Å². The van der Waals surface area contributed by atoms with Gasteiger partial charge >= 0.3 is 0 Å². The molecule has 112 valence electrons. The van der Waals surface area contributed by atoms with Crippen LogP contribution in [0.3, 0.4) is 0 Å². The Morgan fingerprint density at radius 2 is 1.87 bits per heavy atom. The van der Waals surface area contributed by atoms with Crippen LogP contribution in [0.5, 0.6) is 5.88 Å². The maximum Gasteiger partial charge on any atom is 0.221 e. The van der Waals surface area contributed by atoms with Crippen LogP contribution >= 0.6 is 0 Å². The van der Waals surface area contributed by atoms with Gasteiger partial charge in [0.1, 0.15) is 17.5 Å². The number of ether oxygens (including phenoxy) is 1. The standard InChI is InChI=1S/C17H13N5O/c1-23-17-11(5-4-8-21-17)12-9-15(14-6-2-3-7-20-14)22-16(19)13(12)10-18/h2-9H,1H3,(H2,19,22). The quantitative estimate of drug-likeness (QED) is 0.798. The number of nitrogens with two attached hydrogens (primary N) is 1. The van der Waals surface area contributed by atoms with Gasteiger partial charge in [0.2, 0.25) is 5.88 Å². The third kappa shape index (κ3) is 2.68. The fourth-order valence-electron chi connectivity index (χ4n) is 2.30. The van der Waals surface area contributed by atoms with Gasteiger partial charge in [-0.05, 0) is 30.3 Å². The molecule has 0 aliphatic heterocycles. The molecule has 3 aromatic rings. The first-order valence-corrected chi connectivity index (χ1v) is 6.86. The second kappa shape index (κ2) is 6.12. The van der Waals surface area contributed by atoms with Gasteiger partial charge in [-0.15, -0.1) is 0 Å². The normalized spacial score (nSPS) is 10.1. The van der Waals surface area contributed by atoms with Crippen LogP contribution in [0.25, 0.3) is 22.5 Å². The third-order valence-corrected chi connectivity index (χ3v) is 3.34. The van der Waals surface area contributed by atoms with Crippen molar-refractivity contribution >= 4 is 5.82 Å². The van der Waals surface area contributed by atoms with E-state index in [1.807, 2.05) is 24.3 Å². The topological polar surface area (TPSA) is 97.7 Å². The van der Waals surface area contributed by atoms with Crippen molar-refractivity contribution < 1.29 is 4.74 Å². The average Bonchev–Trinajstić information content (AvgIpc) is 2.61. The molecule has 0 aromatic carbocycles. The van der Waals surface area contributed by atoms with E-state index in [2.05, 4.69) is 21.0 Å². The highest BCUT2D eigenvalue weighted by atomic mass is 16.5. The lowest BCUT2D eigenvalue weighted by molar-refractivity contribution is 0.399. The van der Waals surface area contributed by atoms with Gasteiger partial charge in [0.15, 0.2) is 0 Å². The van der Waals surface area contributed by atoms with Crippen LogP contribution in [0.1, 0.15) is 5.56 Å². The number of nitriles is 1. The van der Waals surface area contributed by atoms with E-state index >= 15 is 0 Å². The first-order valence-electron chi connectivity index (χ1n) is 6.86. The Morgan fingerprint density at radius 1 is 1.04 bits per heavy atom. The van der Waals surface area contributed by atoms with E-state index in [1.165, 1.54) is 7.11 Å². The van der Waals surface area contributed by atoms with Crippen molar-refractivity contribution in [3.05, 3.63) is 54.4 Å². The second-order valence-electron chi connectivity index (χ2n) is 4.70. The van der Waals surface area contributed by atoms with Crippen molar-refractivity contribution in [1.82, 2.24) is 15.0 Å². The number of methoxy groups -OCH3 is 1. The smallest absolute Gasteiger partial charge is 0.221 e. The Labute approximate surface area is 133 Å². The van der Waals surface area contributed by atoms with Crippen LogP contribution in [0.15, 0.2) is 48.8 Å². The van der Waals surface area contributed by atoms with Crippen LogP contribution < -0.4 is 10.5 Å². The fraction of sp³-hybridized carbons (Fsp3) is 0.0588. The molecule has 0 aliphatic rings. The SMILES string of the molecule is COc1ncccc1-c1cc(-c2ccccn2)nc(N)c1C#N. The predicted octanol–water partition coefficient (Wildman–Crippen LogP) is 2.67. The molecule has 23 heavy (non-hydrogen) atoms. The van der Waals surface area contributed by atoms with E-state index in [1.54, 1.807) is 24.5 Å². The molecule has 3 rings (SSSR count). The minimum absolute atomic E-state index is 0.150. The summed E-state index contributed by atoms with van der Waals surface area (Å²) in [6, 6.07) is 13.0. The predicted molar refractivity (Wildman–Crippen MR) is 86.4 cm³/mol. The first-order chi connectivity index (χ1) is 11.2. The molecular weight excluding hydrogens is 290 g/mol. The zero-order valence-corrected chi connectivity index (χ0v) is 12.4. The molecule has 3 aromatic heterocycles. The molecule has 0 amide bonds. The minimum Gasteiger partial charge on any atom is -0.481 e. The van der Waals surface area contributed by atoms with Crippen LogP contribution in [-0.2, 0) is 0 Å². The number of aromatic nitrogens is 3. The molecule has 0 saturated carbocycles. The monoisotopic (exact) mass is 303 g/mol. The Morgan fingerprint density at radius 3 is 2.57 bits per heavy atom. The number of rotatable bonds is 3. The van der Waals surface area contributed by atoms with Crippen molar-refractivity contribution in [2.24, 2.45) is 0 Å². The van der Waals surface area contributed by atoms with E-state index in [-0.39, 0.29) is 11.4 Å². The maximum atomic E-state index is 9.44. The van der Waals surface area contributed by atoms with Crippen molar-refractivity contribution in [3.63, 3.8) is 0 Å². The molecule has 6 heteroatoms.